The molecule has 1 N–H and O–H groups in total. The quantitative estimate of drug-likeness (QED) is 0.779. The van der Waals surface area contributed by atoms with Crippen LogP contribution in [0, 0.1) is 18.3 Å². The first-order chi connectivity index (χ1) is 7.70. The average molecular weight is 211 g/mol. The zero-order chi connectivity index (χ0) is 11.5. The highest BCUT2D eigenvalue weighted by Gasteiger charge is 2.03. The summed E-state index contributed by atoms with van der Waals surface area (Å²) in [7, 11) is 0. The molecule has 1 heterocycles. The first-order valence-electron chi connectivity index (χ1n) is 4.77. The van der Waals surface area contributed by atoms with E-state index in [1.54, 1.807) is 6.07 Å². The Morgan fingerprint density at radius 3 is 2.56 bits per heavy atom. The minimum atomic E-state index is -0.409. The number of benzene rings is 1. The van der Waals surface area contributed by atoms with Crippen LogP contribution in [0.2, 0.25) is 0 Å². The molecule has 0 aliphatic heterocycles. The van der Waals surface area contributed by atoms with Gasteiger partial charge in [-0.15, -0.1) is 0 Å². The van der Waals surface area contributed by atoms with Crippen molar-refractivity contribution in [3.05, 3.63) is 51.9 Å². The van der Waals surface area contributed by atoms with Gasteiger partial charge in [-0.3, -0.25) is 4.79 Å². The lowest BCUT2D eigenvalue weighted by Gasteiger charge is -2.00. The highest BCUT2D eigenvalue weighted by Crippen LogP contribution is 2.13. The molecule has 0 aliphatic rings. The third-order valence-electron chi connectivity index (χ3n) is 2.24. The Bertz CT molecular complexity index is 605. The summed E-state index contributed by atoms with van der Waals surface area (Å²) in [5, 5.41) is 8.61. The average Bonchev–Trinajstić information content (AvgIpc) is 2.30. The van der Waals surface area contributed by atoms with E-state index in [2.05, 4.69) is 9.97 Å². The van der Waals surface area contributed by atoms with E-state index in [0.717, 1.165) is 11.1 Å². The number of aromatic amines is 1. The van der Waals surface area contributed by atoms with Crippen LogP contribution in [-0.4, -0.2) is 9.97 Å². The van der Waals surface area contributed by atoms with E-state index >= 15 is 0 Å². The van der Waals surface area contributed by atoms with E-state index in [9.17, 15) is 4.79 Å². The normalized spacial score (nSPS) is 9.75. The second-order valence-electron chi connectivity index (χ2n) is 3.45. The molecule has 0 bridgehead atoms. The van der Waals surface area contributed by atoms with Crippen LogP contribution in [0.5, 0.6) is 0 Å². The number of aromatic nitrogens is 2. The minimum Gasteiger partial charge on any atom is -0.305 e. The molecule has 4 heteroatoms. The predicted molar refractivity (Wildman–Crippen MR) is 59.7 cm³/mol. The monoisotopic (exact) mass is 211 g/mol. The van der Waals surface area contributed by atoms with E-state index in [1.165, 1.54) is 6.20 Å². The Kier molecular flexibility index (Phi) is 2.52. The van der Waals surface area contributed by atoms with Crippen LogP contribution in [-0.2, 0) is 0 Å². The van der Waals surface area contributed by atoms with Crippen LogP contribution in [0.15, 0.2) is 35.3 Å². The zero-order valence-corrected chi connectivity index (χ0v) is 8.69. The molecule has 1 aromatic carbocycles. The fraction of sp³-hybridized carbons (Fsp3) is 0.0833. The molecule has 0 aliphatic carbocycles. The summed E-state index contributed by atoms with van der Waals surface area (Å²) >= 11 is 0. The molecular weight excluding hydrogens is 202 g/mol. The fourth-order valence-corrected chi connectivity index (χ4v) is 1.33. The van der Waals surface area contributed by atoms with Gasteiger partial charge in [-0.2, -0.15) is 5.26 Å². The third-order valence-corrected chi connectivity index (χ3v) is 2.24. The molecule has 0 saturated carbocycles. The molecule has 0 unspecified atom stereocenters. The van der Waals surface area contributed by atoms with Gasteiger partial charge in [-0.1, -0.05) is 29.8 Å². The molecule has 1 aromatic heterocycles. The zero-order valence-electron chi connectivity index (χ0n) is 8.69. The summed E-state index contributed by atoms with van der Waals surface area (Å²) in [6.07, 6.45) is 1.29. The number of hydrogen-bond acceptors (Lipinski definition) is 3. The Hall–Kier alpha value is -2.41. The topological polar surface area (TPSA) is 69.5 Å². The maximum Gasteiger partial charge on any atom is 0.269 e. The summed E-state index contributed by atoms with van der Waals surface area (Å²) in [4.78, 5) is 18.0. The predicted octanol–water partition coefficient (Wildman–Crippen LogP) is 1.62. The van der Waals surface area contributed by atoms with Crippen LogP contribution >= 0.6 is 0 Å². The van der Waals surface area contributed by atoms with Gasteiger partial charge in [-0.05, 0) is 6.92 Å². The molecule has 0 atom stereocenters. The van der Waals surface area contributed by atoms with Crippen molar-refractivity contribution in [3.8, 4) is 17.5 Å². The highest BCUT2D eigenvalue weighted by molar-refractivity contribution is 5.55. The summed E-state index contributed by atoms with van der Waals surface area (Å²) in [5.41, 5.74) is 1.58. The maximum atomic E-state index is 11.4. The van der Waals surface area contributed by atoms with Crippen molar-refractivity contribution in [1.82, 2.24) is 9.97 Å². The maximum absolute atomic E-state index is 11.4. The van der Waals surface area contributed by atoms with Gasteiger partial charge in [0, 0.05) is 5.56 Å². The summed E-state index contributed by atoms with van der Waals surface area (Å²) < 4.78 is 0. The van der Waals surface area contributed by atoms with Crippen molar-refractivity contribution in [3.63, 3.8) is 0 Å². The molecule has 2 rings (SSSR count). The Morgan fingerprint density at radius 1 is 1.31 bits per heavy atom. The molecule has 4 nitrogen and oxygen atoms in total. The van der Waals surface area contributed by atoms with Gasteiger partial charge in [0.05, 0.1) is 6.20 Å². The number of rotatable bonds is 1. The van der Waals surface area contributed by atoms with Crippen molar-refractivity contribution in [1.29, 1.82) is 5.26 Å². The Balaban J connectivity index is 2.50. The minimum absolute atomic E-state index is 0.0239. The molecule has 0 spiro atoms. The van der Waals surface area contributed by atoms with Crippen LogP contribution < -0.4 is 5.56 Å². The number of aryl methyl sites for hydroxylation is 1. The number of nitrogens with zero attached hydrogens (tertiary/aromatic N) is 2. The van der Waals surface area contributed by atoms with Gasteiger partial charge in [0.2, 0.25) is 0 Å². The van der Waals surface area contributed by atoms with Gasteiger partial charge >= 0.3 is 0 Å². The van der Waals surface area contributed by atoms with Gasteiger partial charge in [0.1, 0.15) is 17.5 Å². The van der Waals surface area contributed by atoms with Gasteiger partial charge < -0.3 is 4.98 Å². The summed E-state index contributed by atoms with van der Waals surface area (Å²) in [6.45, 7) is 1.98. The van der Waals surface area contributed by atoms with E-state index in [0.29, 0.717) is 5.82 Å². The molecule has 0 radical (unpaired) electrons. The lowest BCUT2D eigenvalue weighted by Crippen LogP contribution is -2.11. The van der Waals surface area contributed by atoms with Crippen molar-refractivity contribution in [2.75, 3.05) is 0 Å². The van der Waals surface area contributed by atoms with Crippen LogP contribution in [0.3, 0.4) is 0 Å². The van der Waals surface area contributed by atoms with Crippen molar-refractivity contribution >= 4 is 0 Å². The molecule has 0 fully saturated rings. The van der Waals surface area contributed by atoms with Crippen LogP contribution in [0.4, 0.5) is 0 Å². The van der Waals surface area contributed by atoms with E-state index < -0.39 is 5.56 Å². The lowest BCUT2D eigenvalue weighted by atomic mass is 10.1. The largest absolute Gasteiger partial charge is 0.305 e. The van der Waals surface area contributed by atoms with E-state index in [-0.39, 0.29) is 5.56 Å². The first kappa shape index (κ1) is 10.1. The molecule has 0 amide bonds. The number of hydrogen-bond donors (Lipinski definition) is 1. The smallest absolute Gasteiger partial charge is 0.269 e. The Labute approximate surface area is 92.2 Å². The molecule has 2 aromatic rings. The standard InChI is InChI=1S/C12H9N3O/c1-8-2-4-9(5-3-8)11-14-7-10(6-13)12(16)15-11/h2-5,7H,1H3,(H,14,15,16). The van der Waals surface area contributed by atoms with Gasteiger partial charge in [0.15, 0.2) is 0 Å². The van der Waals surface area contributed by atoms with Crippen molar-refractivity contribution in [2.45, 2.75) is 6.92 Å². The van der Waals surface area contributed by atoms with Crippen LogP contribution in [0.1, 0.15) is 11.1 Å². The summed E-state index contributed by atoms with van der Waals surface area (Å²) in [6, 6.07) is 9.40. The SMILES string of the molecule is Cc1ccc(-c2ncc(C#N)c(=O)[nH]2)cc1. The van der Waals surface area contributed by atoms with Crippen molar-refractivity contribution < 1.29 is 0 Å². The number of H-pyrrole nitrogens is 1. The fourth-order valence-electron chi connectivity index (χ4n) is 1.33. The second-order valence-corrected chi connectivity index (χ2v) is 3.45. The van der Waals surface area contributed by atoms with Gasteiger partial charge in [0.25, 0.3) is 5.56 Å². The molecular formula is C12H9N3O. The van der Waals surface area contributed by atoms with Crippen molar-refractivity contribution in [2.24, 2.45) is 0 Å². The molecule has 78 valence electrons. The second kappa shape index (κ2) is 3.99. The summed E-state index contributed by atoms with van der Waals surface area (Å²) in [5.74, 6) is 0.476. The van der Waals surface area contributed by atoms with E-state index in [4.69, 9.17) is 5.26 Å². The highest BCUT2D eigenvalue weighted by atomic mass is 16.1. The van der Waals surface area contributed by atoms with Crippen LogP contribution in [0.25, 0.3) is 11.4 Å². The Morgan fingerprint density at radius 2 is 2.00 bits per heavy atom. The molecule has 0 saturated heterocycles. The first-order valence-corrected chi connectivity index (χ1v) is 4.77. The third kappa shape index (κ3) is 1.84. The molecule has 16 heavy (non-hydrogen) atoms. The van der Waals surface area contributed by atoms with Gasteiger partial charge in [-0.25, -0.2) is 4.98 Å². The number of nitrogens with one attached hydrogen (secondary N) is 1. The lowest BCUT2D eigenvalue weighted by molar-refractivity contribution is 1.11. The van der Waals surface area contributed by atoms with E-state index in [1.807, 2.05) is 31.2 Å². The number of nitriles is 1.